The van der Waals surface area contributed by atoms with E-state index in [9.17, 15) is 19.2 Å². The Balaban J connectivity index is 1.09. The highest BCUT2D eigenvalue weighted by Gasteiger charge is 2.55. The lowest BCUT2D eigenvalue weighted by molar-refractivity contribution is -0.154. The fourth-order valence-corrected chi connectivity index (χ4v) is 10.3. The summed E-state index contributed by atoms with van der Waals surface area (Å²) in [5, 5.41) is 8.08. The van der Waals surface area contributed by atoms with Crippen LogP contribution in [0.3, 0.4) is 0 Å². The topological polar surface area (TPSA) is 127 Å². The van der Waals surface area contributed by atoms with Crippen LogP contribution in [0.25, 0.3) is 5.57 Å². The third kappa shape index (κ3) is 9.26. The fraction of sp³-hybridized carbons (Fsp3) is 0.196. The minimum Gasteiger partial charge on any atom is -0.457 e. The summed E-state index contributed by atoms with van der Waals surface area (Å²) in [6.07, 6.45) is 0.351. The van der Waals surface area contributed by atoms with E-state index in [4.69, 9.17) is 26.1 Å². The third-order valence-electron chi connectivity index (χ3n) is 10.7. The average molecular weight is 910 g/mol. The van der Waals surface area contributed by atoms with Gasteiger partial charge in [-0.2, -0.15) is 0 Å². The Bertz CT molecular complexity index is 2550. The molecule has 324 valence electrons. The van der Waals surface area contributed by atoms with Gasteiger partial charge in [0.05, 0.1) is 11.3 Å². The van der Waals surface area contributed by atoms with Crippen LogP contribution in [0.1, 0.15) is 60.4 Å². The van der Waals surface area contributed by atoms with Gasteiger partial charge in [0.1, 0.15) is 28.3 Å². The standard InChI is InChI=1S/C51H45ClN4O6S2/c1-50(2,3)62-41(57)29-39(40-32-64-49(53-40)55-51(36-23-13-6-14-24-36,37-25-15-7-16-26-37)38-27-17-8-18-28-38)45(58)54-42-46(59)56-43(35(30-52)31-63-47(42)56)48(60)61-44(33-19-9-4-10-20-33)34-21-11-5-12-22-34/h4-29,32,42,44,47H,30-31H2,1-3H3,(H,53,55)(H,54,58)/b39-29-. The zero-order valence-corrected chi connectivity index (χ0v) is 37.7. The third-order valence-corrected chi connectivity index (χ3v) is 13.1. The van der Waals surface area contributed by atoms with E-state index in [1.807, 2.05) is 152 Å². The number of amides is 2. The van der Waals surface area contributed by atoms with E-state index in [-0.39, 0.29) is 22.8 Å². The summed E-state index contributed by atoms with van der Waals surface area (Å²) in [7, 11) is 0. The lowest BCUT2D eigenvalue weighted by Gasteiger charge is -2.49. The Labute approximate surface area is 385 Å². The zero-order chi connectivity index (χ0) is 44.8. The molecule has 10 nitrogen and oxygen atoms in total. The Hall–Kier alpha value is -6.47. The van der Waals surface area contributed by atoms with Gasteiger partial charge >= 0.3 is 11.9 Å². The number of nitrogens with zero attached hydrogens (tertiary/aromatic N) is 2. The first kappa shape index (κ1) is 44.1. The Morgan fingerprint density at radius 2 is 1.30 bits per heavy atom. The number of thiazole rings is 1. The van der Waals surface area contributed by atoms with Gasteiger partial charge in [-0.15, -0.1) is 34.7 Å². The van der Waals surface area contributed by atoms with Gasteiger partial charge in [-0.25, -0.2) is 14.6 Å². The molecule has 2 unspecified atom stereocenters. The molecule has 0 spiro atoms. The van der Waals surface area contributed by atoms with E-state index in [0.717, 1.165) is 33.9 Å². The minimum absolute atomic E-state index is 0.00459. The molecule has 1 aromatic heterocycles. The largest absolute Gasteiger partial charge is 0.457 e. The molecule has 2 atom stereocenters. The van der Waals surface area contributed by atoms with Gasteiger partial charge in [0.25, 0.3) is 11.8 Å². The maximum absolute atomic E-state index is 14.5. The maximum atomic E-state index is 14.5. The fourth-order valence-electron chi connectivity index (χ4n) is 7.84. The number of thioether (sulfide) groups is 1. The average Bonchev–Trinajstić information content (AvgIpc) is 3.79. The molecular weight excluding hydrogens is 864 g/mol. The number of carbonyl (C=O) groups excluding carboxylic acids is 4. The summed E-state index contributed by atoms with van der Waals surface area (Å²) in [5.74, 6) is -2.38. The van der Waals surface area contributed by atoms with Gasteiger partial charge in [0.2, 0.25) is 0 Å². The summed E-state index contributed by atoms with van der Waals surface area (Å²) in [4.78, 5) is 62.5. The number of aromatic nitrogens is 1. The quantitative estimate of drug-likeness (QED) is 0.0362. The van der Waals surface area contributed by atoms with Crippen LogP contribution in [0.2, 0.25) is 0 Å². The number of rotatable bonds is 14. The SMILES string of the molecule is CC(C)(C)OC(=O)/C=C(\C(=O)NC1C(=O)N2C(C(=O)OC(c3ccccc3)c3ccccc3)=C(CCl)CSC12)c1csc(NC(c2ccccc2)(c2ccccc2)c2ccccc2)n1. The van der Waals surface area contributed by atoms with Crippen LogP contribution < -0.4 is 10.6 Å². The number of alkyl halides is 1. The lowest BCUT2D eigenvalue weighted by atomic mass is 9.77. The number of β-lactam (4-membered cyclic amide) rings is 1. The smallest absolute Gasteiger partial charge is 0.356 e. The van der Waals surface area contributed by atoms with E-state index in [2.05, 4.69) is 10.6 Å². The Morgan fingerprint density at radius 3 is 1.78 bits per heavy atom. The number of esters is 2. The molecule has 2 amide bonds. The van der Waals surface area contributed by atoms with Crippen molar-refractivity contribution in [2.45, 2.75) is 49.4 Å². The van der Waals surface area contributed by atoms with Crippen molar-refractivity contribution in [1.29, 1.82) is 0 Å². The van der Waals surface area contributed by atoms with Crippen LogP contribution in [0.15, 0.2) is 174 Å². The molecule has 0 aliphatic carbocycles. The highest BCUT2D eigenvalue weighted by Crippen LogP contribution is 2.43. The lowest BCUT2D eigenvalue weighted by Crippen LogP contribution is -2.70. The van der Waals surface area contributed by atoms with Gasteiger partial charge < -0.3 is 20.1 Å². The normalized spacial score (nSPS) is 16.4. The van der Waals surface area contributed by atoms with E-state index < -0.39 is 52.4 Å². The van der Waals surface area contributed by atoms with Crippen molar-refractivity contribution in [1.82, 2.24) is 15.2 Å². The second-order valence-corrected chi connectivity index (χ2v) is 18.4. The molecule has 3 heterocycles. The van der Waals surface area contributed by atoms with Crippen LogP contribution >= 0.6 is 34.7 Å². The molecule has 64 heavy (non-hydrogen) atoms. The van der Waals surface area contributed by atoms with Crippen molar-refractivity contribution in [2.75, 3.05) is 16.9 Å². The molecule has 6 aromatic rings. The summed E-state index contributed by atoms with van der Waals surface area (Å²) in [6, 6.07) is 47.7. The number of carbonyl (C=O) groups is 4. The molecule has 2 N–H and O–H groups in total. The summed E-state index contributed by atoms with van der Waals surface area (Å²) in [5.41, 5.74) is 3.30. The minimum atomic E-state index is -1.05. The predicted molar refractivity (Wildman–Crippen MR) is 252 cm³/mol. The first-order valence-corrected chi connectivity index (χ1v) is 23.1. The van der Waals surface area contributed by atoms with Crippen molar-refractivity contribution >= 4 is 69.2 Å². The van der Waals surface area contributed by atoms with Crippen molar-refractivity contribution in [3.05, 3.63) is 208 Å². The van der Waals surface area contributed by atoms with Gasteiger partial charge in [0, 0.05) is 23.1 Å². The zero-order valence-electron chi connectivity index (χ0n) is 35.3. The molecule has 0 saturated carbocycles. The van der Waals surface area contributed by atoms with Crippen LogP contribution in [0, 0.1) is 0 Å². The number of fused-ring (bicyclic) bond motifs is 1. The highest BCUT2D eigenvalue weighted by atomic mass is 35.5. The van der Waals surface area contributed by atoms with Crippen molar-refractivity contribution < 1.29 is 28.7 Å². The Morgan fingerprint density at radius 1 is 0.797 bits per heavy atom. The number of ether oxygens (including phenoxy) is 2. The van der Waals surface area contributed by atoms with Crippen LogP contribution in [-0.4, -0.2) is 62.3 Å². The first-order valence-electron chi connectivity index (χ1n) is 20.7. The van der Waals surface area contributed by atoms with E-state index in [1.165, 1.54) is 28.0 Å². The second-order valence-electron chi connectivity index (χ2n) is 16.2. The number of hydrogen-bond acceptors (Lipinski definition) is 10. The molecule has 8 rings (SSSR count). The van der Waals surface area contributed by atoms with Crippen LogP contribution in [-0.2, 0) is 34.2 Å². The number of hydrogen-bond donors (Lipinski definition) is 2. The molecule has 5 aromatic carbocycles. The number of anilines is 1. The number of benzene rings is 5. The summed E-state index contributed by atoms with van der Waals surface area (Å²) >= 11 is 9.03. The van der Waals surface area contributed by atoms with Gasteiger partial charge in [0.15, 0.2) is 11.2 Å². The molecule has 1 fully saturated rings. The van der Waals surface area contributed by atoms with Crippen molar-refractivity contribution in [3.8, 4) is 0 Å². The summed E-state index contributed by atoms with van der Waals surface area (Å²) < 4.78 is 11.8. The Kier molecular flexibility index (Phi) is 13.2. The van der Waals surface area contributed by atoms with Gasteiger partial charge in [-0.3, -0.25) is 14.5 Å². The molecule has 0 radical (unpaired) electrons. The number of nitrogens with one attached hydrogen (secondary N) is 2. The molecule has 2 aliphatic heterocycles. The van der Waals surface area contributed by atoms with Crippen molar-refractivity contribution in [2.24, 2.45) is 0 Å². The predicted octanol–water partition coefficient (Wildman–Crippen LogP) is 9.50. The summed E-state index contributed by atoms with van der Waals surface area (Å²) in [6.45, 7) is 5.19. The second kappa shape index (κ2) is 19.1. The van der Waals surface area contributed by atoms with E-state index >= 15 is 0 Å². The van der Waals surface area contributed by atoms with E-state index in [1.54, 1.807) is 26.2 Å². The molecule has 13 heteroatoms. The van der Waals surface area contributed by atoms with E-state index in [0.29, 0.717) is 16.5 Å². The van der Waals surface area contributed by atoms with Crippen molar-refractivity contribution in [3.63, 3.8) is 0 Å². The van der Waals surface area contributed by atoms with Gasteiger partial charge in [-0.05, 0) is 54.2 Å². The monoisotopic (exact) mass is 908 g/mol. The first-order chi connectivity index (χ1) is 31.0. The van der Waals surface area contributed by atoms with Crippen LogP contribution in [0.5, 0.6) is 0 Å². The molecule has 0 bridgehead atoms. The molecular formula is C51H45ClN4O6S2. The maximum Gasteiger partial charge on any atom is 0.356 e. The highest BCUT2D eigenvalue weighted by molar-refractivity contribution is 8.00. The van der Waals surface area contributed by atoms with Crippen LogP contribution in [0.4, 0.5) is 5.13 Å². The van der Waals surface area contributed by atoms with Gasteiger partial charge in [-0.1, -0.05) is 152 Å². The molecule has 2 aliphatic rings. The molecule has 1 saturated heterocycles. The number of halogens is 1.